The number of rotatable bonds is 6. The molecule has 25 heavy (non-hydrogen) atoms. The number of hydrogen-bond donors (Lipinski definition) is 2. The van der Waals surface area contributed by atoms with E-state index in [1.807, 2.05) is 6.07 Å². The molecule has 0 aliphatic carbocycles. The van der Waals surface area contributed by atoms with Crippen molar-refractivity contribution in [1.29, 1.82) is 0 Å². The van der Waals surface area contributed by atoms with E-state index in [2.05, 4.69) is 4.98 Å². The molecule has 0 radical (unpaired) electrons. The summed E-state index contributed by atoms with van der Waals surface area (Å²) in [5.41, 5.74) is 2.52. The van der Waals surface area contributed by atoms with Crippen molar-refractivity contribution < 1.29 is 18.4 Å². The fourth-order valence-electron chi connectivity index (χ4n) is 2.32. The molecule has 0 aliphatic rings. The predicted octanol–water partition coefficient (Wildman–Crippen LogP) is 0.609. The Morgan fingerprint density at radius 3 is 2.60 bits per heavy atom. The zero-order valence-corrected chi connectivity index (χ0v) is 14.7. The minimum Gasteiger partial charge on any atom is -0.315 e. The summed E-state index contributed by atoms with van der Waals surface area (Å²) in [6.07, 6.45) is 5.54. The molecule has 0 unspecified atom stereocenters. The molecule has 9 heteroatoms. The van der Waals surface area contributed by atoms with Crippen molar-refractivity contribution >= 4 is 15.7 Å². The van der Waals surface area contributed by atoms with Crippen LogP contribution in [0.4, 0.5) is 0 Å². The molecule has 0 saturated carbocycles. The van der Waals surface area contributed by atoms with Gasteiger partial charge in [0.2, 0.25) is 0 Å². The minimum absolute atomic E-state index is 0.00312. The highest BCUT2D eigenvalue weighted by molar-refractivity contribution is 7.92. The number of carbonyl (C=O) groups excluding carboxylic acids is 1. The van der Waals surface area contributed by atoms with Crippen molar-refractivity contribution in [3.8, 4) is 11.1 Å². The van der Waals surface area contributed by atoms with Crippen LogP contribution in [0.25, 0.3) is 11.1 Å². The number of sulfone groups is 1. The summed E-state index contributed by atoms with van der Waals surface area (Å²) in [6, 6.07) is 6.70. The Morgan fingerprint density at radius 1 is 1.36 bits per heavy atom. The average Bonchev–Trinajstić information content (AvgIpc) is 2.59. The summed E-state index contributed by atoms with van der Waals surface area (Å²) in [4.78, 5) is 28.0. The first-order valence-corrected chi connectivity index (χ1v) is 9.33. The highest BCUT2D eigenvalue weighted by Crippen LogP contribution is 2.22. The topological polar surface area (TPSA) is 118 Å². The first-order chi connectivity index (χ1) is 11.7. The molecule has 2 heterocycles. The lowest BCUT2D eigenvalue weighted by atomic mass is 10.1. The molecule has 2 rings (SSSR count). The Kier molecular flexibility index (Phi) is 5.39. The third-order valence-electron chi connectivity index (χ3n) is 4.22. The molecule has 0 saturated heterocycles. The van der Waals surface area contributed by atoms with Gasteiger partial charge in [-0.2, -0.15) is 0 Å². The number of carbonyl (C=O) groups is 1. The van der Waals surface area contributed by atoms with Crippen LogP contribution in [-0.2, 0) is 21.2 Å². The molecule has 2 aromatic heterocycles. The van der Waals surface area contributed by atoms with Crippen LogP contribution in [0.15, 0.2) is 47.7 Å². The smallest absolute Gasteiger partial charge is 0.264 e. The quantitative estimate of drug-likeness (QED) is 0.572. The lowest BCUT2D eigenvalue weighted by molar-refractivity contribution is -0.131. The summed E-state index contributed by atoms with van der Waals surface area (Å²) >= 11 is 0. The van der Waals surface area contributed by atoms with E-state index in [4.69, 9.17) is 5.21 Å². The number of amides is 1. The summed E-state index contributed by atoms with van der Waals surface area (Å²) in [7, 11) is -3.81. The molecule has 0 fully saturated rings. The number of aromatic nitrogens is 2. The zero-order valence-electron chi connectivity index (χ0n) is 13.8. The summed E-state index contributed by atoms with van der Waals surface area (Å²) in [5, 5.41) is 8.81. The molecule has 2 aromatic rings. The van der Waals surface area contributed by atoms with Crippen LogP contribution >= 0.6 is 0 Å². The van der Waals surface area contributed by atoms with Crippen LogP contribution in [0.2, 0.25) is 0 Å². The van der Waals surface area contributed by atoms with Gasteiger partial charge in [0.1, 0.15) is 0 Å². The molecule has 0 spiro atoms. The van der Waals surface area contributed by atoms with Gasteiger partial charge in [-0.25, -0.2) is 13.9 Å². The number of aryl methyl sites for hydroxylation is 1. The molecular formula is C16H19N3O5S. The van der Waals surface area contributed by atoms with Crippen molar-refractivity contribution in [2.45, 2.75) is 24.6 Å². The van der Waals surface area contributed by atoms with Gasteiger partial charge in [-0.1, -0.05) is 6.07 Å². The first-order valence-electron chi connectivity index (χ1n) is 7.44. The largest absolute Gasteiger partial charge is 0.315 e. The Labute approximate surface area is 145 Å². The molecule has 8 nitrogen and oxygen atoms in total. The minimum atomic E-state index is -3.81. The lowest BCUT2D eigenvalue weighted by Gasteiger charge is -2.25. The second-order valence-corrected chi connectivity index (χ2v) is 8.33. The summed E-state index contributed by atoms with van der Waals surface area (Å²) in [6.45, 7) is 1.21. The number of hydroxylamine groups is 1. The van der Waals surface area contributed by atoms with Crippen LogP contribution < -0.4 is 11.0 Å². The van der Waals surface area contributed by atoms with Crippen molar-refractivity contribution in [2.75, 3.05) is 6.26 Å². The maximum atomic E-state index is 12.3. The Bertz CT molecular complexity index is 924. The average molecular weight is 365 g/mol. The lowest BCUT2D eigenvalue weighted by Crippen LogP contribution is -2.49. The second-order valence-electron chi connectivity index (χ2n) is 5.88. The van der Waals surface area contributed by atoms with Gasteiger partial charge < -0.3 is 4.57 Å². The third-order valence-corrected chi connectivity index (χ3v) is 6.25. The predicted molar refractivity (Wildman–Crippen MR) is 91.7 cm³/mol. The summed E-state index contributed by atoms with van der Waals surface area (Å²) in [5.74, 6) is -1.03. The van der Waals surface area contributed by atoms with Crippen molar-refractivity contribution in [3.63, 3.8) is 0 Å². The fourth-order valence-corrected chi connectivity index (χ4v) is 3.17. The van der Waals surface area contributed by atoms with Crippen molar-refractivity contribution in [2.24, 2.45) is 0 Å². The first kappa shape index (κ1) is 18.8. The van der Waals surface area contributed by atoms with Gasteiger partial charge in [-0.05, 0) is 31.0 Å². The fraction of sp³-hybridized carbons (Fsp3) is 0.312. The number of hydrogen-bond acceptors (Lipinski definition) is 6. The van der Waals surface area contributed by atoms with E-state index in [0.29, 0.717) is 5.56 Å². The third kappa shape index (κ3) is 3.94. The molecule has 0 aliphatic heterocycles. The second kappa shape index (κ2) is 7.16. The van der Waals surface area contributed by atoms with E-state index in [0.717, 1.165) is 11.8 Å². The SMILES string of the molecule is C[C@@](CCn1ccc(-c2cccnc2)cc1=O)(C(=O)NO)S(C)(=O)=O. The van der Waals surface area contributed by atoms with Gasteiger partial charge >= 0.3 is 0 Å². The van der Waals surface area contributed by atoms with Crippen LogP contribution in [0.5, 0.6) is 0 Å². The standard InChI is InChI=1S/C16H19N3O5S/c1-16(15(21)18-22,25(2,23)24)6-9-19-8-5-12(10-14(19)20)13-4-3-7-17-11-13/h3-5,7-8,10-11,22H,6,9H2,1-2H3,(H,18,21)/t16-/m1/s1. The van der Waals surface area contributed by atoms with Gasteiger partial charge in [0.05, 0.1) is 0 Å². The maximum absolute atomic E-state index is 12.3. The highest BCUT2D eigenvalue weighted by Gasteiger charge is 2.43. The molecule has 0 aromatic carbocycles. The normalized spacial score (nSPS) is 13.9. The van der Waals surface area contributed by atoms with Gasteiger partial charge in [0.25, 0.3) is 11.5 Å². The number of nitrogens with one attached hydrogen (secondary N) is 1. The van der Waals surface area contributed by atoms with Crippen LogP contribution in [0.1, 0.15) is 13.3 Å². The number of nitrogens with zero attached hydrogens (tertiary/aromatic N) is 2. The van der Waals surface area contributed by atoms with E-state index >= 15 is 0 Å². The maximum Gasteiger partial charge on any atom is 0.264 e. The molecular weight excluding hydrogens is 346 g/mol. The Hall–Kier alpha value is -2.52. The zero-order chi connectivity index (χ0) is 18.7. The van der Waals surface area contributed by atoms with Crippen molar-refractivity contribution in [3.05, 3.63) is 53.2 Å². The Balaban J connectivity index is 2.26. The molecule has 2 N–H and O–H groups in total. The van der Waals surface area contributed by atoms with E-state index in [-0.39, 0.29) is 18.5 Å². The van der Waals surface area contributed by atoms with Gasteiger partial charge in [-0.15, -0.1) is 0 Å². The van der Waals surface area contributed by atoms with Gasteiger partial charge in [0, 0.05) is 43.0 Å². The summed E-state index contributed by atoms with van der Waals surface area (Å²) < 4.78 is 23.3. The van der Waals surface area contributed by atoms with Gasteiger partial charge in [-0.3, -0.25) is 19.8 Å². The van der Waals surface area contributed by atoms with Crippen molar-refractivity contribution in [1.82, 2.24) is 15.0 Å². The van der Waals surface area contributed by atoms with E-state index in [1.54, 1.807) is 24.5 Å². The van der Waals surface area contributed by atoms with Crippen LogP contribution in [0.3, 0.4) is 0 Å². The molecule has 134 valence electrons. The highest BCUT2D eigenvalue weighted by atomic mass is 32.2. The monoisotopic (exact) mass is 365 g/mol. The molecule has 0 bridgehead atoms. The van der Waals surface area contributed by atoms with E-state index in [9.17, 15) is 18.0 Å². The molecule has 1 atom stereocenters. The van der Waals surface area contributed by atoms with E-state index < -0.39 is 20.5 Å². The van der Waals surface area contributed by atoms with Crippen LogP contribution in [0, 0.1) is 0 Å². The van der Waals surface area contributed by atoms with E-state index in [1.165, 1.54) is 29.2 Å². The molecule has 1 amide bonds. The number of pyridine rings is 2. The Morgan fingerprint density at radius 2 is 2.08 bits per heavy atom. The van der Waals surface area contributed by atoms with Gasteiger partial charge in [0.15, 0.2) is 14.6 Å². The van der Waals surface area contributed by atoms with Crippen LogP contribution in [-0.4, -0.2) is 40.1 Å².